The number of thiophene rings is 4. The van der Waals surface area contributed by atoms with Gasteiger partial charge in [-0.3, -0.25) is 24.5 Å². The number of aryl methyl sites for hydroxylation is 1. The first kappa shape index (κ1) is 57.5. The monoisotopic (exact) mass is 1200 g/mol. The van der Waals surface area contributed by atoms with Crippen molar-refractivity contribution in [3.63, 3.8) is 0 Å². The van der Waals surface area contributed by atoms with Gasteiger partial charge in [-0.25, -0.2) is 4.98 Å². The maximum Gasteiger partial charge on any atom is 2.00 e. The molecule has 0 unspecified atom stereocenters. The van der Waals surface area contributed by atoms with Crippen LogP contribution in [0.4, 0.5) is 13.2 Å². The summed E-state index contributed by atoms with van der Waals surface area (Å²) in [5.41, 5.74) is 4.66. The van der Waals surface area contributed by atoms with E-state index in [-0.39, 0.29) is 30.9 Å². The van der Waals surface area contributed by atoms with E-state index in [1.54, 1.807) is 88.1 Å². The van der Waals surface area contributed by atoms with E-state index in [4.69, 9.17) is 35.8 Å². The third kappa shape index (κ3) is 13.7. The predicted octanol–water partition coefficient (Wildman–Crippen LogP) is 15.4. The fourth-order valence-corrected chi connectivity index (χ4v) is 12.3. The summed E-state index contributed by atoms with van der Waals surface area (Å²) in [5, 5.41) is 19.4. The summed E-state index contributed by atoms with van der Waals surface area (Å²) in [4.78, 5) is 44.4. The van der Waals surface area contributed by atoms with Crippen LogP contribution in [0.2, 0.25) is 0 Å². The Kier molecular flexibility index (Phi) is 20.3. The van der Waals surface area contributed by atoms with Crippen LogP contribution in [0.1, 0.15) is 64.1 Å². The summed E-state index contributed by atoms with van der Waals surface area (Å²) in [5.74, 6) is 2.41. The Morgan fingerprint density at radius 2 is 1.31 bits per heavy atom. The molecule has 21 heteroatoms. The maximum atomic E-state index is 12.7. The molecule has 0 atom stereocenters. The Balaban J connectivity index is 0.000000252. The van der Waals surface area contributed by atoms with Gasteiger partial charge in [0.2, 0.25) is 0 Å². The number of aromatic nitrogens is 6. The van der Waals surface area contributed by atoms with Crippen LogP contribution in [0.3, 0.4) is 0 Å². The van der Waals surface area contributed by atoms with Crippen LogP contribution in [0.25, 0.3) is 85.0 Å². The first-order chi connectivity index (χ1) is 37.1. The van der Waals surface area contributed by atoms with Crippen molar-refractivity contribution in [2.45, 2.75) is 65.5 Å². The molecule has 0 N–H and O–H groups in total. The van der Waals surface area contributed by atoms with Crippen molar-refractivity contribution >= 4 is 78.5 Å². The van der Waals surface area contributed by atoms with Crippen molar-refractivity contribution in [3.05, 3.63) is 132 Å². The molecule has 10 aromatic rings. The zero-order chi connectivity index (χ0) is 53.6. The van der Waals surface area contributed by atoms with E-state index in [1.807, 2.05) is 25.1 Å². The van der Waals surface area contributed by atoms with E-state index in [0.29, 0.717) is 60.4 Å². The summed E-state index contributed by atoms with van der Waals surface area (Å²) in [6.45, 7) is 13.0. The van der Waals surface area contributed by atoms with E-state index >= 15 is 0 Å². The quantitative estimate of drug-likeness (QED) is 0.0305. The van der Waals surface area contributed by atoms with Crippen molar-refractivity contribution in [2.24, 2.45) is 0 Å². The van der Waals surface area contributed by atoms with Gasteiger partial charge in [-0.1, -0.05) is 38.8 Å². The second-order valence-electron chi connectivity index (χ2n) is 16.6. The molecule has 0 spiro atoms. The summed E-state index contributed by atoms with van der Waals surface area (Å²) in [6, 6.07) is 25.6. The third-order valence-electron chi connectivity index (χ3n) is 11.5. The maximum absolute atomic E-state index is 12.7. The SMILES string of the molecule is CCCCCCc1ccsc1-c1ccnc(-c2cc(C(F)(F)F)n[n-]2)c1.CCCOc1c2sccc2c(OCC)c2cc(-c3ccc(-c4ccnc(-c5cc(OC=O)cc(-c6cc(OC=O)ccn6)n5)c4)s3)sc12.[C-]#N.[Ru+2]. The molecular formula is C56H46F3N7O6RuS4. The molecule has 0 aliphatic carbocycles. The second-order valence-corrected chi connectivity index (χ2v) is 20.5. The molecule has 0 bridgehead atoms. The number of hydrogen-bond acceptors (Lipinski definition) is 16. The zero-order valence-corrected chi connectivity index (χ0v) is 46.5. The molecule has 10 rings (SSSR count). The summed E-state index contributed by atoms with van der Waals surface area (Å²) in [6.07, 6.45) is 7.05. The van der Waals surface area contributed by atoms with Crippen LogP contribution < -0.4 is 24.0 Å². The number of nitrogens with zero attached hydrogens (tertiary/aromatic N) is 7. The van der Waals surface area contributed by atoms with Gasteiger partial charge in [0.15, 0.2) is 5.75 Å². The van der Waals surface area contributed by atoms with Gasteiger partial charge in [0.25, 0.3) is 12.9 Å². The number of unbranched alkanes of at least 4 members (excludes halogenated alkanes) is 3. The Labute approximate surface area is 470 Å². The Bertz CT molecular complexity index is 3610. The number of hydrogen-bond donors (Lipinski definition) is 0. The molecule has 9 aromatic heterocycles. The minimum Gasteiger partial charge on any atom is -0.573 e. The number of benzene rings is 1. The van der Waals surface area contributed by atoms with E-state index in [0.717, 1.165) is 87.6 Å². The van der Waals surface area contributed by atoms with Crippen LogP contribution in [0, 0.1) is 11.8 Å². The van der Waals surface area contributed by atoms with E-state index in [1.165, 1.54) is 31.0 Å². The van der Waals surface area contributed by atoms with Gasteiger partial charge in [-0.05, 0) is 120 Å². The van der Waals surface area contributed by atoms with Gasteiger partial charge in [0.05, 0.1) is 51.1 Å². The summed E-state index contributed by atoms with van der Waals surface area (Å²) >= 11 is 6.72. The first-order valence-corrected chi connectivity index (χ1v) is 27.3. The smallest absolute Gasteiger partial charge is 0.573 e. The van der Waals surface area contributed by atoms with Crippen molar-refractivity contribution < 1.29 is 61.2 Å². The van der Waals surface area contributed by atoms with Gasteiger partial charge in [0, 0.05) is 67.1 Å². The van der Waals surface area contributed by atoms with Crippen molar-refractivity contribution in [3.8, 4) is 87.8 Å². The molecule has 9 heterocycles. The van der Waals surface area contributed by atoms with Crippen molar-refractivity contribution in [1.29, 1.82) is 5.26 Å². The second kappa shape index (κ2) is 27.2. The number of ether oxygens (including phenoxy) is 4. The van der Waals surface area contributed by atoms with E-state index in [2.05, 4.69) is 80.1 Å². The average molecular weight is 1200 g/mol. The number of pyridine rings is 4. The molecule has 0 aliphatic rings. The summed E-state index contributed by atoms with van der Waals surface area (Å²) < 4.78 is 63.1. The molecule has 0 radical (unpaired) electrons. The molecular weight excluding hydrogens is 1150 g/mol. The van der Waals surface area contributed by atoms with Crippen molar-refractivity contribution in [2.75, 3.05) is 13.2 Å². The Hall–Kier alpha value is -7.21. The molecule has 0 aliphatic heterocycles. The number of fused-ring (bicyclic) bond motifs is 2. The Morgan fingerprint density at radius 3 is 2.03 bits per heavy atom. The molecule has 0 saturated carbocycles. The van der Waals surface area contributed by atoms with Crippen LogP contribution in [0.5, 0.6) is 23.0 Å². The van der Waals surface area contributed by atoms with Crippen LogP contribution in [-0.2, 0) is 41.7 Å². The van der Waals surface area contributed by atoms with Crippen LogP contribution in [-0.4, -0.2) is 51.2 Å². The number of rotatable bonds is 20. The van der Waals surface area contributed by atoms with Gasteiger partial charge < -0.3 is 41.0 Å². The minimum absolute atomic E-state index is 0. The van der Waals surface area contributed by atoms with Gasteiger partial charge in [-0.2, -0.15) is 13.2 Å². The van der Waals surface area contributed by atoms with E-state index in [9.17, 15) is 22.8 Å². The molecule has 0 saturated heterocycles. The topological polar surface area (TPSA) is 173 Å². The number of halogens is 3. The van der Waals surface area contributed by atoms with Gasteiger partial charge in [0.1, 0.15) is 22.9 Å². The number of carbonyl (C=O) groups excluding carboxylic acids is 2. The Morgan fingerprint density at radius 1 is 0.636 bits per heavy atom. The normalized spacial score (nSPS) is 11.0. The van der Waals surface area contributed by atoms with Gasteiger partial charge >= 0.3 is 25.7 Å². The summed E-state index contributed by atoms with van der Waals surface area (Å²) in [7, 11) is 0. The molecule has 77 heavy (non-hydrogen) atoms. The average Bonchev–Trinajstić information content (AvgIpc) is 4.36. The van der Waals surface area contributed by atoms with Crippen LogP contribution >= 0.6 is 45.3 Å². The predicted molar refractivity (Wildman–Crippen MR) is 292 cm³/mol. The minimum atomic E-state index is -4.50. The molecule has 0 fully saturated rings. The molecule has 1 aromatic carbocycles. The fourth-order valence-electron chi connectivity index (χ4n) is 8.12. The fraction of sp³-hybridized carbons (Fsp3) is 0.214. The standard InChI is InChI=1S/C36H27N3O6S3.C19H19F3N3S.CN.Ru/c1-3-12-43-34-35-24(9-13-46-35)33(42-4-2)25-18-32(48-36(25)34)31-6-5-30(47-31)21-7-10-37-26(14-21)28-16-23(45-20-41)17-29(39-28)27-15-22(44-19-40)8-11-38-27;1-2-3-4-5-6-13-8-10-26-18(13)14-7-9-23-15(11-14)16-12-17(25-24-16)19(20,21)22;1-2;/h5-11,13-20H,3-4,12H2,1-2H3;7-12H,2-6H2,1H3;;/q;2*-1;+2. The zero-order valence-electron chi connectivity index (χ0n) is 41.5. The number of alkyl halides is 3. The van der Waals surface area contributed by atoms with Crippen LogP contribution in [0.15, 0.2) is 114 Å². The largest absolute Gasteiger partial charge is 2.00 e. The third-order valence-corrected chi connectivity index (χ3v) is 15.9. The number of carbonyl (C=O) groups is 2. The van der Waals surface area contributed by atoms with Crippen molar-refractivity contribution in [1.82, 2.24) is 30.1 Å². The molecule has 13 nitrogen and oxygen atoms in total. The van der Waals surface area contributed by atoms with E-state index < -0.39 is 11.9 Å². The molecule has 0 amide bonds. The van der Waals surface area contributed by atoms with Gasteiger partial charge in [-0.15, -0.1) is 45.3 Å². The first-order valence-electron chi connectivity index (χ1n) is 23.9. The molecule has 394 valence electrons.